The van der Waals surface area contributed by atoms with Gasteiger partial charge in [0, 0.05) is 26.2 Å². The minimum atomic E-state index is -4.16. The molecule has 1 aromatic rings. The molecule has 0 amide bonds. The van der Waals surface area contributed by atoms with Crippen LogP contribution in [0.5, 0.6) is 5.75 Å². The highest BCUT2D eigenvalue weighted by Crippen LogP contribution is 2.05. The van der Waals surface area contributed by atoms with Crippen LogP contribution in [-0.2, 0) is 14.6 Å². The Hall–Kier alpha value is -1.23. The maximum absolute atomic E-state index is 9.33. The number of hydrogen-bond donors (Lipinski definition) is 4. The van der Waals surface area contributed by atoms with Crippen molar-refractivity contribution < 1.29 is 21.9 Å². The maximum atomic E-state index is 9.33. The van der Waals surface area contributed by atoms with E-state index in [1.165, 1.54) is 0 Å². The molecule has 0 bridgehead atoms. The van der Waals surface area contributed by atoms with Gasteiger partial charge in [0.15, 0.2) is 0 Å². The SMILES string of the molecule is C1CNCCN1.COS(=O)(=O)O.COc1ccccc1.N. The monoisotopic (exact) mass is 323 g/mol. The summed E-state index contributed by atoms with van der Waals surface area (Å²) in [7, 11) is -1.63. The van der Waals surface area contributed by atoms with E-state index in [0.29, 0.717) is 0 Å². The highest BCUT2D eigenvalue weighted by molar-refractivity contribution is 7.80. The Bertz CT molecular complexity index is 412. The number of methoxy groups -OCH3 is 1. The zero-order chi connectivity index (χ0) is 15.3. The van der Waals surface area contributed by atoms with Gasteiger partial charge in [-0.2, -0.15) is 8.42 Å². The predicted molar refractivity (Wildman–Crippen MR) is 82.3 cm³/mol. The molecule has 1 saturated heterocycles. The Kier molecular flexibility index (Phi) is 14.4. The molecular weight excluding hydrogens is 298 g/mol. The lowest BCUT2D eigenvalue weighted by Crippen LogP contribution is -2.39. The fourth-order valence-electron chi connectivity index (χ4n) is 1.16. The number of benzene rings is 1. The average molecular weight is 323 g/mol. The largest absolute Gasteiger partial charge is 0.497 e. The summed E-state index contributed by atoms with van der Waals surface area (Å²) in [6.07, 6.45) is 0. The van der Waals surface area contributed by atoms with Crippen LogP contribution in [0, 0.1) is 0 Å². The van der Waals surface area contributed by atoms with Crippen LogP contribution >= 0.6 is 0 Å². The topological polar surface area (TPSA) is 132 Å². The Labute approximate surface area is 126 Å². The smallest absolute Gasteiger partial charge is 0.397 e. The number of piperazine rings is 1. The molecule has 9 heteroatoms. The van der Waals surface area contributed by atoms with Crippen LogP contribution in [0.25, 0.3) is 0 Å². The minimum absolute atomic E-state index is 0. The second-order valence-corrected chi connectivity index (χ2v) is 4.80. The summed E-state index contributed by atoms with van der Waals surface area (Å²) in [6, 6.07) is 9.68. The molecule has 0 spiro atoms. The summed E-state index contributed by atoms with van der Waals surface area (Å²) in [5, 5.41) is 6.44. The van der Waals surface area contributed by atoms with Gasteiger partial charge < -0.3 is 21.5 Å². The summed E-state index contributed by atoms with van der Waals surface area (Å²) in [6.45, 7) is 4.56. The van der Waals surface area contributed by atoms with E-state index in [2.05, 4.69) is 14.8 Å². The number of nitrogens with one attached hydrogen (secondary N) is 2. The summed E-state index contributed by atoms with van der Waals surface area (Å²) >= 11 is 0. The molecule has 1 aromatic carbocycles. The van der Waals surface area contributed by atoms with Gasteiger partial charge in [0.1, 0.15) is 5.75 Å². The number of hydrogen-bond acceptors (Lipinski definition) is 7. The molecule has 0 aromatic heterocycles. The van der Waals surface area contributed by atoms with Crippen molar-refractivity contribution in [2.45, 2.75) is 0 Å². The van der Waals surface area contributed by atoms with Crippen molar-refractivity contribution in [3.63, 3.8) is 0 Å². The van der Waals surface area contributed by atoms with Gasteiger partial charge in [-0.1, -0.05) is 18.2 Å². The average Bonchev–Trinajstić information content (AvgIpc) is 2.50. The molecule has 1 aliphatic rings. The third-order valence-corrected chi connectivity index (χ3v) is 2.57. The first-order valence-electron chi connectivity index (χ1n) is 6.03. The molecule has 1 aliphatic heterocycles. The molecule has 8 nitrogen and oxygen atoms in total. The number of rotatable bonds is 2. The van der Waals surface area contributed by atoms with Crippen LogP contribution in [0.4, 0.5) is 0 Å². The molecule has 21 heavy (non-hydrogen) atoms. The lowest BCUT2D eigenvalue weighted by molar-refractivity contribution is 0.324. The molecule has 6 N–H and O–H groups in total. The Balaban J connectivity index is 0. The van der Waals surface area contributed by atoms with Crippen molar-refractivity contribution in [2.24, 2.45) is 0 Å². The molecule has 2 rings (SSSR count). The van der Waals surface area contributed by atoms with E-state index in [1.54, 1.807) is 7.11 Å². The predicted octanol–water partition coefficient (Wildman–Crippen LogP) is 0.472. The van der Waals surface area contributed by atoms with Gasteiger partial charge in [-0.25, -0.2) is 0 Å². The standard InChI is InChI=1S/C7H8O.C4H10N2.CH4O4S.H3N/c1-8-7-5-3-2-4-6-7;1-2-6-4-3-5-1;1-5-6(2,3)4;/h2-6H,1H3;5-6H,1-4H2;1H3,(H,2,3,4);1H3. The van der Waals surface area contributed by atoms with Crippen LogP contribution in [-0.4, -0.2) is 53.4 Å². The van der Waals surface area contributed by atoms with E-state index in [9.17, 15) is 8.42 Å². The van der Waals surface area contributed by atoms with Gasteiger partial charge in [-0.05, 0) is 12.1 Å². The van der Waals surface area contributed by atoms with E-state index in [1.807, 2.05) is 30.3 Å². The van der Waals surface area contributed by atoms with E-state index in [0.717, 1.165) is 39.0 Å². The third kappa shape index (κ3) is 16.7. The van der Waals surface area contributed by atoms with Gasteiger partial charge in [-0.15, -0.1) is 0 Å². The highest BCUT2D eigenvalue weighted by Gasteiger charge is 1.94. The summed E-state index contributed by atoms with van der Waals surface area (Å²) in [5.41, 5.74) is 0. The van der Waals surface area contributed by atoms with Crippen molar-refractivity contribution in [2.75, 3.05) is 40.4 Å². The van der Waals surface area contributed by atoms with Gasteiger partial charge >= 0.3 is 10.4 Å². The molecule has 0 saturated carbocycles. The fraction of sp³-hybridized carbons (Fsp3) is 0.500. The molecule has 0 atom stereocenters. The van der Waals surface area contributed by atoms with Crippen LogP contribution < -0.4 is 21.5 Å². The van der Waals surface area contributed by atoms with E-state index >= 15 is 0 Å². The summed E-state index contributed by atoms with van der Waals surface area (Å²) < 4.78 is 34.6. The second kappa shape index (κ2) is 13.7. The normalized spacial score (nSPS) is 13.5. The van der Waals surface area contributed by atoms with Gasteiger partial charge in [0.2, 0.25) is 0 Å². The Morgan fingerprint density at radius 3 is 1.57 bits per heavy atom. The summed E-state index contributed by atoms with van der Waals surface area (Å²) in [4.78, 5) is 0. The molecule has 0 unspecified atom stereocenters. The van der Waals surface area contributed by atoms with Gasteiger partial charge in [0.25, 0.3) is 0 Å². The van der Waals surface area contributed by atoms with Gasteiger partial charge in [0.05, 0.1) is 14.2 Å². The molecule has 0 aliphatic carbocycles. The van der Waals surface area contributed by atoms with Crippen LogP contribution in [0.2, 0.25) is 0 Å². The highest BCUT2D eigenvalue weighted by atomic mass is 32.3. The molecular formula is C12H25N3O5S. The molecule has 0 radical (unpaired) electrons. The number of ether oxygens (including phenoxy) is 1. The first-order valence-corrected chi connectivity index (χ1v) is 7.39. The maximum Gasteiger partial charge on any atom is 0.397 e. The first-order chi connectivity index (χ1) is 9.49. The van der Waals surface area contributed by atoms with E-state index < -0.39 is 10.4 Å². The lowest BCUT2D eigenvalue weighted by Gasteiger charge is -2.11. The van der Waals surface area contributed by atoms with Crippen LogP contribution in [0.3, 0.4) is 0 Å². The van der Waals surface area contributed by atoms with Crippen molar-refractivity contribution in [1.29, 1.82) is 0 Å². The van der Waals surface area contributed by atoms with Crippen molar-refractivity contribution in [3.8, 4) is 5.75 Å². The summed E-state index contributed by atoms with van der Waals surface area (Å²) in [5.74, 6) is 0.910. The molecule has 1 heterocycles. The lowest BCUT2D eigenvalue weighted by atomic mass is 10.3. The Morgan fingerprint density at radius 1 is 1.00 bits per heavy atom. The van der Waals surface area contributed by atoms with E-state index in [4.69, 9.17) is 9.29 Å². The molecule has 124 valence electrons. The first kappa shape index (κ1) is 22.1. The van der Waals surface area contributed by atoms with Crippen LogP contribution in [0.1, 0.15) is 0 Å². The van der Waals surface area contributed by atoms with Crippen molar-refractivity contribution >= 4 is 10.4 Å². The molecule has 1 fully saturated rings. The van der Waals surface area contributed by atoms with E-state index in [-0.39, 0.29) is 6.15 Å². The van der Waals surface area contributed by atoms with Crippen LogP contribution in [0.15, 0.2) is 30.3 Å². The Morgan fingerprint density at radius 2 is 1.38 bits per heavy atom. The van der Waals surface area contributed by atoms with Gasteiger partial charge in [-0.3, -0.25) is 8.74 Å². The zero-order valence-electron chi connectivity index (χ0n) is 12.4. The second-order valence-electron chi connectivity index (χ2n) is 3.61. The van der Waals surface area contributed by atoms with Crippen molar-refractivity contribution in [1.82, 2.24) is 16.8 Å². The zero-order valence-corrected chi connectivity index (χ0v) is 13.2. The van der Waals surface area contributed by atoms with Crippen molar-refractivity contribution in [3.05, 3.63) is 30.3 Å². The fourth-order valence-corrected chi connectivity index (χ4v) is 1.16. The third-order valence-electron chi connectivity index (χ3n) is 2.15. The number of para-hydroxylation sites is 1. The minimum Gasteiger partial charge on any atom is -0.497 e. The quantitative estimate of drug-likeness (QED) is 0.578.